The summed E-state index contributed by atoms with van der Waals surface area (Å²) in [5.74, 6) is 0.263. The van der Waals surface area contributed by atoms with E-state index in [-0.39, 0.29) is 18.0 Å². The monoisotopic (exact) mass is 290 g/mol. The second-order valence-electron chi connectivity index (χ2n) is 4.78. The van der Waals surface area contributed by atoms with E-state index >= 15 is 0 Å². The van der Waals surface area contributed by atoms with Crippen molar-refractivity contribution in [3.63, 3.8) is 0 Å². The van der Waals surface area contributed by atoms with Crippen LogP contribution >= 0.6 is 0 Å². The molecule has 2 aromatic rings. The van der Waals surface area contributed by atoms with Gasteiger partial charge in [-0.3, -0.25) is 14.8 Å². The number of nitrogens with zero attached hydrogens (tertiary/aromatic N) is 3. The minimum Gasteiger partial charge on any atom is -0.480 e. The summed E-state index contributed by atoms with van der Waals surface area (Å²) in [6.45, 7) is 2.70. The normalized spacial score (nSPS) is 10.6. The van der Waals surface area contributed by atoms with Crippen LogP contribution in [0.2, 0.25) is 0 Å². The molecule has 0 aliphatic carbocycles. The molecule has 1 heterocycles. The quantitative estimate of drug-likeness (QED) is 0.649. The molecule has 1 N–H and O–H groups in total. The summed E-state index contributed by atoms with van der Waals surface area (Å²) in [6, 6.07) is 6.86. The summed E-state index contributed by atoms with van der Waals surface area (Å²) >= 11 is 0. The van der Waals surface area contributed by atoms with Gasteiger partial charge in [0.1, 0.15) is 6.61 Å². The van der Waals surface area contributed by atoms with E-state index in [1.54, 1.807) is 17.8 Å². The van der Waals surface area contributed by atoms with E-state index in [0.717, 1.165) is 17.0 Å². The third kappa shape index (κ3) is 3.57. The van der Waals surface area contributed by atoms with Crippen molar-refractivity contribution >= 4 is 5.69 Å². The highest BCUT2D eigenvalue weighted by Gasteiger charge is 2.16. The van der Waals surface area contributed by atoms with Gasteiger partial charge in [0, 0.05) is 19.7 Å². The number of hydrogen-bond acceptors (Lipinski definition) is 5. The maximum atomic E-state index is 11.1. The lowest BCUT2D eigenvalue weighted by atomic mass is 10.2. The van der Waals surface area contributed by atoms with Crippen molar-refractivity contribution in [3.8, 4) is 5.75 Å². The lowest BCUT2D eigenvalue weighted by Crippen LogP contribution is -2.07. The Morgan fingerprint density at radius 3 is 2.76 bits per heavy atom. The molecule has 0 bridgehead atoms. The lowest BCUT2D eigenvalue weighted by molar-refractivity contribution is -0.386. The Bertz CT molecular complexity index is 652. The zero-order valence-electron chi connectivity index (χ0n) is 12.3. The van der Waals surface area contributed by atoms with Gasteiger partial charge >= 0.3 is 5.69 Å². The summed E-state index contributed by atoms with van der Waals surface area (Å²) in [6.07, 6.45) is 0. The number of hydrogen-bond donors (Lipinski definition) is 1. The Morgan fingerprint density at radius 1 is 1.43 bits per heavy atom. The molecule has 0 aliphatic rings. The summed E-state index contributed by atoms with van der Waals surface area (Å²) in [5, 5.41) is 18.3. The van der Waals surface area contributed by atoms with E-state index in [1.807, 2.05) is 26.1 Å². The number of nitro benzene ring substituents is 1. The molecule has 0 spiro atoms. The van der Waals surface area contributed by atoms with Gasteiger partial charge in [-0.1, -0.05) is 6.07 Å². The molecule has 1 aromatic heterocycles. The zero-order valence-corrected chi connectivity index (χ0v) is 12.3. The molecular formula is C14H18N4O3. The van der Waals surface area contributed by atoms with Crippen LogP contribution in [0, 0.1) is 17.0 Å². The van der Waals surface area contributed by atoms with Crippen LogP contribution in [0.3, 0.4) is 0 Å². The fourth-order valence-electron chi connectivity index (χ4n) is 2.09. The van der Waals surface area contributed by atoms with Gasteiger partial charge in [-0.05, 0) is 31.7 Å². The van der Waals surface area contributed by atoms with E-state index in [1.165, 1.54) is 6.07 Å². The van der Waals surface area contributed by atoms with E-state index in [4.69, 9.17) is 4.74 Å². The highest BCUT2D eigenvalue weighted by molar-refractivity contribution is 5.48. The van der Waals surface area contributed by atoms with Gasteiger partial charge in [0.05, 0.1) is 16.3 Å². The highest BCUT2D eigenvalue weighted by atomic mass is 16.6. The predicted octanol–water partition coefficient (Wildman–Crippen LogP) is 1.94. The van der Waals surface area contributed by atoms with Gasteiger partial charge in [-0.15, -0.1) is 0 Å². The molecule has 112 valence electrons. The average Bonchev–Trinajstić information content (AvgIpc) is 2.75. The van der Waals surface area contributed by atoms with E-state index in [2.05, 4.69) is 10.4 Å². The lowest BCUT2D eigenvalue weighted by Gasteiger charge is -2.08. The molecule has 0 fully saturated rings. The van der Waals surface area contributed by atoms with E-state index < -0.39 is 4.92 Å². The predicted molar refractivity (Wildman–Crippen MR) is 78.1 cm³/mol. The first-order valence-electron chi connectivity index (χ1n) is 6.55. The molecule has 1 aromatic carbocycles. The fraction of sp³-hybridized carbons (Fsp3) is 0.357. The molecule has 0 aliphatic heterocycles. The van der Waals surface area contributed by atoms with Crippen molar-refractivity contribution in [1.82, 2.24) is 15.1 Å². The molecule has 0 radical (unpaired) electrons. The molecule has 0 saturated heterocycles. The first kappa shape index (κ1) is 15.0. The van der Waals surface area contributed by atoms with Crippen molar-refractivity contribution < 1.29 is 9.66 Å². The Balaban J connectivity index is 2.19. The number of aryl methyl sites for hydroxylation is 2. The van der Waals surface area contributed by atoms with Gasteiger partial charge in [-0.2, -0.15) is 5.10 Å². The van der Waals surface area contributed by atoms with Crippen LogP contribution in [0.1, 0.15) is 17.0 Å². The highest BCUT2D eigenvalue weighted by Crippen LogP contribution is 2.28. The minimum atomic E-state index is -0.428. The second-order valence-corrected chi connectivity index (χ2v) is 4.78. The molecule has 0 saturated carbocycles. The molecule has 21 heavy (non-hydrogen) atoms. The SMILES string of the molecule is CNCc1ccc(OCc2cc(C)nn2C)c([N+](=O)[O-])c1. The molecule has 2 rings (SSSR count). The van der Waals surface area contributed by atoms with Crippen molar-refractivity contribution in [1.29, 1.82) is 0 Å². The van der Waals surface area contributed by atoms with Gasteiger partial charge in [0.15, 0.2) is 5.75 Å². The largest absolute Gasteiger partial charge is 0.480 e. The van der Waals surface area contributed by atoms with Crippen molar-refractivity contribution in [3.05, 3.63) is 51.3 Å². The smallest absolute Gasteiger partial charge is 0.311 e. The number of aromatic nitrogens is 2. The molecule has 7 heteroatoms. The van der Waals surface area contributed by atoms with Crippen LogP contribution in [0.5, 0.6) is 5.75 Å². The van der Waals surface area contributed by atoms with Crippen LogP contribution in [-0.2, 0) is 20.2 Å². The van der Waals surface area contributed by atoms with E-state index in [9.17, 15) is 10.1 Å². The van der Waals surface area contributed by atoms with Crippen molar-refractivity contribution in [2.45, 2.75) is 20.1 Å². The Morgan fingerprint density at radius 2 is 2.19 bits per heavy atom. The van der Waals surface area contributed by atoms with Crippen LogP contribution in [0.15, 0.2) is 24.3 Å². The molecule has 0 unspecified atom stereocenters. The van der Waals surface area contributed by atoms with E-state index in [0.29, 0.717) is 6.54 Å². The summed E-state index contributed by atoms with van der Waals surface area (Å²) < 4.78 is 7.29. The zero-order chi connectivity index (χ0) is 15.4. The maximum absolute atomic E-state index is 11.1. The number of rotatable bonds is 6. The van der Waals surface area contributed by atoms with Gasteiger partial charge < -0.3 is 10.1 Å². The molecule has 0 atom stereocenters. The first-order chi connectivity index (χ1) is 10.0. The molecule has 7 nitrogen and oxygen atoms in total. The first-order valence-corrected chi connectivity index (χ1v) is 6.55. The third-order valence-corrected chi connectivity index (χ3v) is 3.08. The topological polar surface area (TPSA) is 82.2 Å². The number of nitrogens with one attached hydrogen (secondary N) is 1. The van der Waals surface area contributed by atoms with Crippen LogP contribution in [0.25, 0.3) is 0 Å². The van der Waals surface area contributed by atoms with Crippen LogP contribution in [0.4, 0.5) is 5.69 Å². The van der Waals surface area contributed by atoms with Gasteiger partial charge in [0.25, 0.3) is 0 Å². The average molecular weight is 290 g/mol. The standard InChI is InChI=1S/C14H18N4O3/c1-10-6-12(17(3)16-10)9-21-14-5-4-11(8-15-2)7-13(14)18(19)20/h4-7,15H,8-9H2,1-3H3. The van der Waals surface area contributed by atoms with Crippen LogP contribution < -0.4 is 10.1 Å². The van der Waals surface area contributed by atoms with Gasteiger partial charge in [-0.25, -0.2) is 0 Å². The minimum absolute atomic E-state index is 0.0263. The number of ether oxygens (including phenoxy) is 1. The summed E-state index contributed by atoms with van der Waals surface area (Å²) in [4.78, 5) is 10.7. The Kier molecular flexibility index (Phi) is 4.54. The Labute approximate surface area is 122 Å². The van der Waals surface area contributed by atoms with Crippen molar-refractivity contribution in [2.24, 2.45) is 7.05 Å². The van der Waals surface area contributed by atoms with Crippen molar-refractivity contribution in [2.75, 3.05) is 7.05 Å². The number of nitro groups is 1. The van der Waals surface area contributed by atoms with Gasteiger partial charge in [0.2, 0.25) is 0 Å². The number of benzene rings is 1. The second kappa shape index (κ2) is 6.36. The molecule has 0 amide bonds. The summed E-state index contributed by atoms with van der Waals surface area (Å²) in [7, 11) is 3.61. The fourth-order valence-corrected chi connectivity index (χ4v) is 2.09. The third-order valence-electron chi connectivity index (χ3n) is 3.08. The summed E-state index contributed by atoms with van der Waals surface area (Å²) in [5.41, 5.74) is 2.56. The Hall–Kier alpha value is -2.41. The molecular weight excluding hydrogens is 272 g/mol. The van der Waals surface area contributed by atoms with Crippen LogP contribution in [-0.4, -0.2) is 21.8 Å². The maximum Gasteiger partial charge on any atom is 0.311 e.